The zero-order valence-electron chi connectivity index (χ0n) is 9.54. The standard InChI is InChI=1S/C13H7ClN2O3/c14-10-2-1-3-11(7-10)19-12-4-5-13(16(17)18)9(6-12)8-15/h1-7H. The van der Waals surface area contributed by atoms with Crippen molar-refractivity contribution in [2.24, 2.45) is 0 Å². The summed E-state index contributed by atoms with van der Waals surface area (Å²) in [6.07, 6.45) is 0. The Hall–Kier alpha value is -2.58. The number of hydrogen-bond donors (Lipinski definition) is 0. The Bertz CT molecular complexity index is 680. The quantitative estimate of drug-likeness (QED) is 0.628. The van der Waals surface area contributed by atoms with Gasteiger partial charge in [-0.3, -0.25) is 10.1 Å². The van der Waals surface area contributed by atoms with Gasteiger partial charge in [-0.1, -0.05) is 17.7 Å². The van der Waals surface area contributed by atoms with Crippen molar-refractivity contribution in [1.82, 2.24) is 0 Å². The maximum Gasteiger partial charge on any atom is 0.287 e. The molecule has 0 spiro atoms. The van der Waals surface area contributed by atoms with Crippen molar-refractivity contribution < 1.29 is 9.66 Å². The molecule has 2 aromatic carbocycles. The van der Waals surface area contributed by atoms with Gasteiger partial charge in [0.15, 0.2) is 0 Å². The monoisotopic (exact) mass is 274 g/mol. The molecule has 0 saturated heterocycles. The second-order valence-electron chi connectivity index (χ2n) is 3.61. The molecule has 0 radical (unpaired) electrons. The highest BCUT2D eigenvalue weighted by molar-refractivity contribution is 6.30. The van der Waals surface area contributed by atoms with Gasteiger partial charge in [-0.25, -0.2) is 0 Å². The SMILES string of the molecule is N#Cc1cc(Oc2cccc(Cl)c2)ccc1[N+](=O)[O-]. The number of nitro groups is 1. The van der Waals surface area contributed by atoms with Gasteiger partial charge in [0.25, 0.3) is 5.69 Å². The molecule has 5 nitrogen and oxygen atoms in total. The molecule has 2 aromatic rings. The molecule has 94 valence electrons. The second kappa shape index (κ2) is 5.38. The average molecular weight is 275 g/mol. The maximum atomic E-state index is 10.7. The van der Waals surface area contributed by atoms with E-state index in [0.29, 0.717) is 16.5 Å². The van der Waals surface area contributed by atoms with E-state index in [9.17, 15) is 10.1 Å². The third-order valence-electron chi connectivity index (χ3n) is 2.32. The van der Waals surface area contributed by atoms with Crippen molar-refractivity contribution in [1.29, 1.82) is 5.26 Å². The normalized spacial score (nSPS) is 9.68. The molecule has 0 atom stereocenters. The van der Waals surface area contributed by atoms with E-state index in [1.807, 2.05) is 0 Å². The number of hydrogen-bond acceptors (Lipinski definition) is 4. The van der Waals surface area contributed by atoms with Crippen molar-refractivity contribution >= 4 is 17.3 Å². The summed E-state index contributed by atoms with van der Waals surface area (Å²) in [5.41, 5.74) is -0.300. The summed E-state index contributed by atoms with van der Waals surface area (Å²) in [5, 5.41) is 20.1. The van der Waals surface area contributed by atoms with Gasteiger partial charge in [0.2, 0.25) is 0 Å². The van der Waals surface area contributed by atoms with Crippen LogP contribution in [-0.4, -0.2) is 4.92 Å². The van der Waals surface area contributed by atoms with Crippen molar-refractivity contribution in [3.05, 3.63) is 63.2 Å². The first kappa shape index (κ1) is 12.9. The Morgan fingerprint density at radius 1 is 1.21 bits per heavy atom. The first-order valence-corrected chi connectivity index (χ1v) is 5.60. The molecule has 0 saturated carbocycles. The molecular formula is C13H7ClN2O3. The van der Waals surface area contributed by atoms with Gasteiger partial charge >= 0.3 is 0 Å². The summed E-state index contributed by atoms with van der Waals surface area (Å²) < 4.78 is 5.48. The van der Waals surface area contributed by atoms with Crippen LogP contribution in [0.15, 0.2) is 42.5 Å². The zero-order chi connectivity index (χ0) is 13.8. The van der Waals surface area contributed by atoms with E-state index in [1.54, 1.807) is 30.3 Å². The summed E-state index contributed by atoms with van der Waals surface area (Å²) >= 11 is 5.81. The molecule has 0 aliphatic carbocycles. The predicted octanol–water partition coefficient (Wildman–Crippen LogP) is 3.91. The Balaban J connectivity index is 2.32. The maximum absolute atomic E-state index is 10.7. The highest BCUT2D eigenvalue weighted by Crippen LogP contribution is 2.28. The van der Waals surface area contributed by atoms with E-state index in [-0.39, 0.29) is 11.3 Å². The van der Waals surface area contributed by atoms with Gasteiger partial charge in [0.05, 0.1) is 4.92 Å². The van der Waals surface area contributed by atoms with Crippen molar-refractivity contribution in [3.63, 3.8) is 0 Å². The van der Waals surface area contributed by atoms with E-state index < -0.39 is 4.92 Å². The molecule has 0 heterocycles. The molecule has 19 heavy (non-hydrogen) atoms. The Kier molecular flexibility index (Phi) is 3.64. The molecule has 0 N–H and O–H groups in total. The molecule has 0 bridgehead atoms. The van der Waals surface area contributed by atoms with Crippen molar-refractivity contribution in [2.75, 3.05) is 0 Å². The molecule has 0 fully saturated rings. The van der Waals surface area contributed by atoms with Gasteiger partial charge < -0.3 is 4.74 Å². The summed E-state index contributed by atoms with van der Waals surface area (Å²) in [4.78, 5) is 10.1. The number of nitro benzene ring substituents is 1. The van der Waals surface area contributed by atoms with Crippen molar-refractivity contribution in [3.8, 4) is 17.6 Å². The van der Waals surface area contributed by atoms with Gasteiger partial charge in [-0.2, -0.15) is 5.26 Å². The van der Waals surface area contributed by atoms with Gasteiger partial charge in [-0.05, 0) is 24.3 Å². The van der Waals surface area contributed by atoms with Gasteiger partial charge in [-0.15, -0.1) is 0 Å². The smallest absolute Gasteiger partial charge is 0.287 e. The fraction of sp³-hybridized carbons (Fsp3) is 0. The fourth-order valence-electron chi connectivity index (χ4n) is 1.49. The van der Waals surface area contributed by atoms with E-state index in [0.717, 1.165) is 0 Å². The Morgan fingerprint density at radius 2 is 1.95 bits per heavy atom. The highest BCUT2D eigenvalue weighted by Gasteiger charge is 2.14. The van der Waals surface area contributed by atoms with Crippen LogP contribution >= 0.6 is 11.6 Å². The van der Waals surface area contributed by atoms with Crippen LogP contribution in [0.1, 0.15) is 5.56 Å². The lowest BCUT2D eigenvalue weighted by molar-refractivity contribution is -0.385. The number of halogens is 1. The number of rotatable bonds is 3. The number of benzene rings is 2. The minimum absolute atomic E-state index is 0.0514. The highest BCUT2D eigenvalue weighted by atomic mass is 35.5. The fourth-order valence-corrected chi connectivity index (χ4v) is 1.67. The van der Waals surface area contributed by atoms with E-state index in [2.05, 4.69) is 0 Å². The molecule has 0 aliphatic heterocycles. The molecular weight excluding hydrogens is 268 g/mol. The molecule has 0 aliphatic rings. The number of nitrogens with zero attached hydrogens (tertiary/aromatic N) is 2. The lowest BCUT2D eigenvalue weighted by atomic mass is 10.2. The van der Waals surface area contributed by atoms with E-state index >= 15 is 0 Å². The van der Waals surface area contributed by atoms with Crippen LogP contribution in [0.3, 0.4) is 0 Å². The largest absolute Gasteiger partial charge is 0.457 e. The van der Waals surface area contributed by atoms with Gasteiger partial charge in [0, 0.05) is 17.2 Å². The van der Waals surface area contributed by atoms with Crippen LogP contribution < -0.4 is 4.74 Å². The lowest BCUT2D eigenvalue weighted by Crippen LogP contribution is -1.93. The minimum Gasteiger partial charge on any atom is -0.457 e. The average Bonchev–Trinajstić information content (AvgIpc) is 2.38. The van der Waals surface area contributed by atoms with E-state index in [1.165, 1.54) is 18.2 Å². The van der Waals surface area contributed by atoms with Crippen molar-refractivity contribution in [2.45, 2.75) is 0 Å². The molecule has 0 unspecified atom stereocenters. The first-order valence-electron chi connectivity index (χ1n) is 5.22. The number of ether oxygens (including phenoxy) is 1. The summed E-state index contributed by atoms with van der Waals surface area (Å²) in [5.74, 6) is 0.828. The second-order valence-corrected chi connectivity index (χ2v) is 4.04. The third-order valence-corrected chi connectivity index (χ3v) is 2.55. The van der Waals surface area contributed by atoms with Crippen LogP contribution in [-0.2, 0) is 0 Å². The lowest BCUT2D eigenvalue weighted by Gasteiger charge is -2.06. The Morgan fingerprint density at radius 3 is 2.58 bits per heavy atom. The zero-order valence-corrected chi connectivity index (χ0v) is 10.3. The Labute approximate surface area is 113 Å². The molecule has 2 rings (SSSR count). The summed E-state index contributed by atoms with van der Waals surface area (Å²) in [6.45, 7) is 0. The summed E-state index contributed by atoms with van der Waals surface area (Å²) in [7, 11) is 0. The van der Waals surface area contributed by atoms with Crippen LogP contribution in [0.25, 0.3) is 0 Å². The molecule has 0 amide bonds. The van der Waals surface area contributed by atoms with Crippen LogP contribution in [0.2, 0.25) is 5.02 Å². The number of nitriles is 1. The molecule has 0 aromatic heterocycles. The first-order chi connectivity index (χ1) is 9.10. The minimum atomic E-state index is -0.609. The molecule has 6 heteroatoms. The summed E-state index contributed by atoms with van der Waals surface area (Å²) in [6, 6.07) is 12.5. The van der Waals surface area contributed by atoms with E-state index in [4.69, 9.17) is 21.6 Å². The van der Waals surface area contributed by atoms with Crippen LogP contribution in [0, 0.1) is 21.4 Å². The van der Waals surface area contributed by atoms with Crippen LogP contribution in [0.4, 0.5) is 5.69 Å². The van der Waals surface area contributed by atoms with Gasteiger partial charge in [0.1, 0.15) is 23.1 Å². The third kappa shape index (κ3) is 3.00. The van der Waals surface area contributed by atoms with Crippen LogP contribution in [0.5, 0.6) is 11.5 Å². The predicted molar refractivity (Wildman–Crippen MR) is 69.3 cm³/mol. The topological polar surface area (TPSA) is 76.2 Å².